The second-order valence-electron chi connectivity index (χ2n) is 5.35. The lowest BCUT2D eigenvalue weighted by molar-refractivity contribution is 0.0143. The largest absolute Gasteiger partial charge is 0.302 e. The van der Waals surface area contributed by atoms with Crippen LogP contribution >= 0.6 is 0 Å². The molecule has 2 heteroatoms. The van der Waals surface area contributed by atoms with Gasteiger partial charge in [0.05, 0.1) is 6.61 Å². The molecule has 1 N–H and O–H groups in total. The van der Waals surface area contributed by atoms with E-state index in [1.807, 2.05) is 0 Å². The molecule has 1 aliphatic rings. The van der Waals surface area contributed by atoms with E-state index in [1.165, 1.54) is 18.4 Å². The number of nitrogens with one attached hydrogen (secondary N) is 1. The van der Waals surface area contributed by atoms with E-state index in [2.05, 4.69) is 39.3 Å². The van der Waals surface area contributed by atoms with Crippen LogP contribution in [0.25, 0.3) is 0 Å². The molecule has 0 aromatic heterocycles. The van der Waals surface area contributed by atoms with Crippen molar-refractivity contribution in [2.45, 2.75) is 40.5 Å². The lowest BCUT2D eigenvalue weighted by atomic mass is 9.84. The molecule has 0 radical (unpaired) electrons. The standard InChI is InChI=1S/C13H25NO/c1-10(2)9-15-14-8-13-6-11(3)5-12(4)7-13/h5,10-11,13-14H,6-9H2,1-4H3. The molecule has 2 atom stereocenters. The normalized spacial score (nSPS) is 26.9. The number of hydrogen-bond acceptors (Lipinski definition) is 2. The summed E-state index contributed by atoms with van der Waals surface area (Å²) in [5.41, 5.74) is 4.63. The highest BCUT2D eigenvalue weighted by atomic mass is 16.6. The van der Waals surface area contributed by atoms with Gasteiger partial charge < -0.3 is 4.84 Å². The highest BCUT2D eigenvalue weighted by Gasteiger charge is 2.17. The quantitative estimate of drug-likeness (QED) is 0.428. The van der Waals surface area contributed by atoms with Crippen molar-refractivity contribution < 1.29 is 4.84 Å². The van der Waals surface area contributed by atoms with E-state index in [9.17, 15) is 0 Å². The molecule has 88 valence electrons. The molecule has 0 bridgehead atoms. The highest BCUT2D eigenvalue weighted by Crippen LogP contribution is 2.27. The third-order valence-electron chi connectivity index (χ3n) is 2.78. The van der Waals surface area contributed by atoms with E-state index >= 15 is 0 Å². The Labute approximate surface area is 94.0 Å². The zero-order chi connectivity index (χ0) is 11.3. The van der Waals surface area contributed by atoms with Gasteiger partial charge in [0, 0.05) is 6.54 Å². The van der Waals surface area contributed by atoms with Crippen molar-refractivity contribution in [1.82, 2.24) is 5.48 Å². The molecule has 0 saturated heterocycles. The minimum atomic E-state index is 0.601. The Hall–Kier alpha value is -0.340. The molecule has 0 saturated carbocycles. The van der Waals surface area contributed by atoms with Crippen LogP contribution in [0.15, 0.2) is 11.6 Å². The average Bonchev–Trinajstić information content (AvgIpc) is 2.10. The third kappa shape index (κ3) is 5.33. The molecule has 0 fully saturated rings. The Kier molecular flexibility index (Phi) is 5.34. The van der Waals surface area contributed by atoms with Crippen molar-refractivity contribution in [1.29, 1.82) is 0 Å². The first-order chi connectivity index (χ1) is 7.08. The van der Waals surface area contributed by atoms with Gasteiger partial charge in [0.25, 0.3) is 0 Å². The SMILES string of the molecule is CC1=CC(C)CC(CNOCC(C)C)C1. The van der Waals surface area contributed by atoms with E-state index in [0.717, 1.165) is 25.0 Å². The topological polar surface area (TPSA) is 21.3 Å². The van der Waals surface area contributed by atoms with E-state index in [1.54, 1.807) is 0 Å². The van der Waals surface area contributed by atoms with Crippen molar-refractivity contribution in [3.05, 3.63) is 11.6 Å². The summed E-state index contributed by atoms with van der Waals surface area (Å²) in [6.07, 6.45) is 4.91. The molecule has 2 nitrogen and oxygen atoms in total. The van der Waals surface area contributed by atoms with Crippen molar-refractivity contribution in [2.75, 3.05) is 13.2 Å². The van der Waals surface area contributed by atoms with Gasteiger partial charge in [0.15, 0.2) is 0 Å². The molecule has 15 heavy (non-hydrogen) atoms. The van der Waals surface area contributed by atoms with Gasteiger partial charge >= 0.3 is 0 Å². The molecule has 1 rings (SSSR count). The molecule has 0 heterocycles. The summed E-state index contributed by atoms with van der Waals surface area (Å²) in [5.74, 6) is 2.08. The zero-order valence-electron chi connectivity index (χ0n) is 10.5. The molecular weight excluding hydrogens is 186 g/mol. The average molecular weight is 211 g/mol. The van der Waals surface area contributed by atoms with Crippen LogP contribution in [-0.2, 0) is 4.84 Å². The Morgan fingerprint density at radius 1 is 1.53 bits per heavy atom. The maximum Gasteiger partial charge on any atom is 0.0705 e. The Morgan fingerprint density at radius 2 is 2.27 bits per heavy atom. The molecule has 0 aliphatic heterocycles. The van der Waals surface area contributed by atoms with Gasteiger partial charge in [-0.15, -0.1) is 0 Å². The van der Waals surface area contributed by atoms with Gasteiger partial charge in [-0.2, -0.15) is 0 Å². The summed E-state index contributed by atoms with van der Waals surface area (Å²) >= 11 is 0. The van der Waals surface area contributed by atoms with Crippen LogP contribution in [0, 0.1) is 17.8 Å². The monoisotopic (exact) mass is 211 g/mol. The van der Waals surface area contributed by atoms with Crippen LogP contribution in [-0.4, -0.2) is 13.2 Å². The minimum absolute atomic E-state index is 0.601. The minimum Gasteiger partial charge on any atom is -0.302 e. The van der Waals surface area contributed by atoms with Gasteiger partial charge in [-0.3, -0.25) is 0 Å². The molecule has 2 unspecified atom stereocenters. The maximum atomic E-state index is 5.40. The van der Waals surface area contributed by atoms with E-state index in [-0.39, 0.29) is 0 Å². The zero-order valence-corrected chi connectivity index (χ0v) is 10.5. The van der Waals surface area contributed by atoms with Gasteiger partial charge in [-0.25, -0.2) is 5.48 Å². The maximum absolute atomic E-state index is 5.40. The fraction of sp³-hybridized carbons (Fsp3) is 0.846. The van der Waals surface area contributed by atoms with Crippen molar-refractivity contribution >= 4 is 0 Å². The lowest BCUT2D eigenvalue weighted by Gasteiger charge is -2.25. The van der Waals surface area contributed by atoms with Gasteiger partial charge in [-0.05, 0) is 37.5 Å². The number of hydrogen-bond donors (Lipinski definition) is 1. The molecule has 1 aliphatic carbocycles. The number of allylic oxidation sites excluding steroid dienone is 2. The first-order valence-corrected chi connectivity index (χ1v) is 6.10. The van der Waals surface area contributed by atoms with Crippen LogP contribution in [0.5, 0.6) is 0 Å². The molecule has 0 amide bonds. The van der Waals surface area contributed by atoms with Crippen molar-refractivity contribution in [3.63, 3.8) is 0 Å². The van der Waals surface area contributed by atoms with E-state index < -0.39 is 0 Å². The van der Waals surface area contributed by atoms with E-state index in [4.69, 9.17) is 4.84 Å². The van der Waals surface area contributed by atoms with E-state index in [0.29, 0.717) is 5.92 Å². The van der Waals surface area contributed by atoms with Crippen LogP contribution in [0.4, 0.5) is 0 Å². The summed E-state index contributed by atoms with van der Waals surface area (Å²) < 4.78 is 0. The van der Waals surface area contributed by atoms with Crippen LogP contribution in [0.3, 0.4) is 0 Å². The predicted octanol–water partition coefficient (Wildman–Crippen LogP) is 3.16. The van der Waals surface area contributed by atoms with Gasteiger partial charge in [0.2, 0.25) is 0 Å². The van der Waals surface area contributed by atoms with Crippen LogP contribution in [0.1, 0.15) is 40.5 Å². The fourth-order valence-electron chi connectivity index (χ4n) is 2.24. The fourth-order valence-corrected chi connectivity index (χ4v) is 2.24. The van der Waals surface area contributed by atoms with Crippen LogP contribution in [0.2, 0.25) is 0 Å². The van der Waals surface area contributed by atoms with Gasteiger partial charge in [-0.1, -0.05) is 32.4 Å². The summed E-state index contributed by atoms with van der Waals surface area (Å²) in [4.78, 5) is 5.40. The predicted molar refractivity (Wildman–Crippen MR) is 64.4 cm³/mol. The van der Waals surface area contributed by atoms with Gasteiger partial charge in [0.1, 0.15) is 0 Å². The Morgan fingerprint density at radius 3 is 2.87 bits per heavy atom. The smallest absolute Gasteiger partial charge is 0.0705 e. The molecule has 0 aromatic carbocycles. The second-order valence-corrected chi connectivity index (χ2v) is 5.35. The van der Waals surface area contributed by atoms with Crippen LogP contribution < -0.4 is 5.48 Å². The number of hydroxylamine groups is 1. The summed E-state index contributed by atoms with van der Waals surface area (Å²) in [7, 11) is 0. The highest BCUT2D eigenvalue weighted by molar-refractivity contribution is 5.06. The first-order valence-electron chi connectivity index (χ1n) is 6.10. The lowest BCUT2D eigenvalue weighted by Crippen LogP contribution is -2.27. The second kappa shape index (κ2) is 6.29. The number of rotatable bonds is 5. The van der Waals surface area contributed by atoms with Crippen molar-refractivity contribution in [3.8, 4) is 0 Å². The Balaban J connectivity index is 2.15. The summed E-state index contributed by atoms with van der Waals surface area (Å²) in [6, 6.07) is 0. The molecular formula is C13H25NO. The Bertz CT molecular complexity index is 211. The molecule has 0 spiro atoms. The first kappa shape index (κ1) is 12.7. The molecule has 0 aromatic rings. The summed E-state index contributed by atoms with van der Waals surface area (Å²) in [5, 5.41) is 0. The third-order valence-corrected chi connectivity index (χ3v) is 2.78. The summed E-state index contributed by atoms with van der Waals surface area (Å²) in [6.45, 7) is 10.6. The van der Waals surface area contributed by atoms with Crippen molar-refractivity contribution in [2.24, 2.45) is 17.8 Å².